The van der Waals surface area contributed by atoms with Crippen molar-refractivity contribution in [3.05, 3.63) is 36.0 Å². The van der Waals surface area contributed by atoms with E-state index in [2.05, 4.69) is 15.6 Å². The Morgan fingerprint density at radius 2 is 2.15 bits per heavy atom. The summed E-state index contributed by atoms with van der Waals surface area (Å²) in [7, 11) is 0. The third-order valence-corrected chi connectivity index (χ3v) is 5.06. The molecule has 2 aliphatic rings. The van der Waals surface area contributed by atoms with Crippen molar-refractivity contribution in [2.75, 3.05) is 19.7 Å². The molecule has 1 aromatic heterocycles. The maximum Gasteiger partial charge on any atom is 0.325 e. The van der Waals surface area contributed by atoms with Crippen LogP contribution in [0.3, 0.4) is 0 Å². The van der Waals surface area contributed by atoms with Gasteiger partial charge in [0, 0.05) is 36.7 Å². The van der Waals surface area contributed by atoms with Gasteiger partial charge in [-0.05, 0) is 24.5 Å². The molecule has 2 aromatic rings. The van der Waals surface area contributed by atoms with Crippen LogP contribution in [-0.4, -0.2) is 59.6 Å². The number of nitrogens with zero attached hydrogens (tertiary/aromatic N) is 1. The predicted octanol–water partition coefficient (Wildman–Crippen LogP) is 0.926. The zero-order chi connectivity index (χ0) is 18.8. The maximum absolute atomic E-state index is 12.6. The molecule has 8 heteroatoms. The SMILES string of the molecule is O=C(CN1C(=O)N[C@H](Cc2c[nH]c3ccccc23)C1=O)NC[C@H]1CCCO1. The van der Waals surface area contributed by atoms with Crippen molar-refractivity contribution in [1.29, 1.82) is 0 Å². The summed E-state index contributed by atoms with van der Waals surface area (Å²) in [5.74, 6) is -0.737. The molecule has 142 valence electrons. The molecule has 0 unspecified atom stereocenters. The number of carbonyl (C=O) groups excluding carboxylic acids is 3. The number of imide groups is 1. The topological polar surface area (TPSA) is 104 Å². The summed E-state index contributed by atoms with van der Waals surface area (Å²) in [6, 6.07) is 6.60. The van der Waals surface area contributed by atoms with Crippen molar-refractivity contribution in [2.45, 2.75) is 31.4 Å². The molecule has 0 bridgehead atoms. The molecule has 2 fully saturated rings. The molecule has 0 radical (unpaired) electrons. The number of urea groups is 1. The Bertz CT molecular complexity index is 871. The number of H-pyrrole nitrogens is 1. The largest absolute Gasteiger partial charge is 0.376 e. The van der Waals surface area contributed by atoms with E-state index in [1.54, 1.807) is 0 Å². The van der Waals surface area contributed by atoms with Gasteiger partial charge in [-0.25, -0.2) is 4.79 Å². The van der Waals surface area contributed by atoms with E-state index in [1.807, 2.05) is 30.5 Å². The van der Waals surface area contributed by atoms with Crippen molar-refractivity contribution in [3.8, 4) is 0 Å². The molecule has 2 atom stereocenters. The van der Waals surface area contributed by atoms with Gasteiger partial charge < -0.3 is 20.4 Å². The van der Waals surface area contributed by atoms with E-state index in [0.29, 0.717) is 19.6 Å². The van der Waals surface area contributed by atoms with Gasteiger partial charge in [0.25, 0.3) is 5.91 Å². The van der Waals surface area contributed by atoms with Gasteiger partial charge in [-0.2, -0.15) is 0 Å². The van der Waals surface area contributed by atoms with E-state index in [4.69, 9.17) is 4.74 Å². The molecule has 2 saturated heterocycles. The average Bonchev–Trinajstić information content (AvgIpc) is 3.38. The van der Waals surface area contributed by atoms with Gasteiger partial charge in [0.15, 0.2) is 0 Å². The lowest BCUT2D eigenvalue weighted by molar-refractivity contribution is -0.132. The van der Waals surface area contributed by atoms with E-state index in [0.717, 1.165) is 34.2 Å². The van der Waals surface area contributed by atoms with Gasteiger partial charge in [0.05, 0.1) is 6.10 Å². The molecule has 1 aromatic carbocycles. The number of amides is 4. The van der Waals surface area contributed by atoms with Crippen LogP contribution in [-0.2, 0) is 20.7 Å². The predicted molar refractivity (Wildman–Crippen MR) is 98.0 cm³/mol. The fourth-order valence-corrected chi connectivity index (χ4v) is 3.62. The summed E-state index contributed by atoms with van der Waals surface area (Å²) >= 11 is 0. The van der Waals surface area contributed by atoms with Crippen LogP contribution in [0.2, 0.25) is 0 Å². The molecular weight excluding hydrogens is 348 g/mol. The maximum atomic E-state index is 12.6. The Kier molecular flexibility index (Phi) is 4.81. The normalized spacial score (nSPS) is 22.4. The average molecular weight is 370 g/mol. The van der Waals surface area contributed by atoms with Crippen LogP contribution in [0.4, 0.5) is 4.79 Å². The number of nitrogens with one attached hydrogen (secondary N) is 3. The Hall–Kier alpha value is -2.87. The second-order valence-corrected chi connectivity index (χ2v) is 6.93. The molecule has 3 N–H and O–H groups in total. The zero-order valence-corrected chi connectivity index (χ0v) is 14.9. The first-order valence-corrected chi connectivity index (χ1v) is 9.17. The molecule has 3 heterocycles. The molecule has 4 amide bonds. The Labute approximate surface area is 156 Å². The summed E-state index contributed by atoms with van der Waals surface area (Å²) < 4.78 is 5.45. The highest BCUT2D eigenvalue weighted by atomic mass is 16.5. The van der Waals surface area contributed by atoms with Gasteiger partial charge in [-0.3, -0.25) is 14.5 Å². The number of hydrogen-bond acceptors (Lipinski definition) is 4. The fourth-order valence-electron chi connectivity index (χ4n) is 3.62. The van der Waals surface area contributed by atoms with Crippen molar-refractivity contribution in [1.82, 2.24) is 20.5 Å². The van der Waals surface area contributed by atoms with Crippen molar-refractivity contribution in [3.63, 3.8) is 0 Å². The standard InChI is InChI=1S/C19H22N4O4/c24-17(21-10-13-4-3-7-27-13)11-23-18(25)16(22-19(23)26)8-12-9-20-15-6-2-1-5-14(12)15/h1-2,5-6,9,13,16,20H,3-4,7-8,10-11H2,(H,21,24)(H,22,26)/t13-,16-/m1/s1. The van der Waals surface area contributed by atoms with Crippen LogP contribution >= 0.6 is 0 Å². The first-order valence-electron chi connectivity index (χ1n) is 9.17. The second kappa shape index (κ2) is 7.40. The van der Waals surface area contributed by atoms with Gasteiger partial charge >= 0.3 is 6.03 Å². The van der Waals surface area contributed by atoms with Crippen molar-refractivity contribution < 1.29 is 19.1 Å². The number of fused-ring (bicyclic) bond motifs is 1. The minimum atomic E-state index is -0.664. The smallest absolute Gasteiger partial charge is 0.325 e. The van der Waals surface area contributed by atoms with Crippen LogP contribution in [0.15, 0.2) is 30.5 Å². The lowest BCUT2D eigenvalue weighted by Gasteiger charge is -2.15. The molecule has 0 saturated carbocycles. The van der Waals surface area contributed by atoms with E-state index >= 15 is 0 Å². The van der Waals surface area contributed by atoms with Gasteiger partial charge in [0.2, 0.25) is 5.91 Å². The number of aromatic amines is 1. The Morgan fingerprint density at radius 1 is 1.30 bits per heavy atom. The Morgan fingerprint density at radius 3 is 2.96 bits per heavy atom. The first kappa shape index (κ1) is 17.5. The molecule has 4 rings (SSSR count). The third kappa shape index (κ3) is 3.66. The molecule has 0 aliphatic carbocycles. The Balaban J connectivity index is 1.36. The number of ether oxygens (including phenoxy) is 1. The van der Waals surface area contributed by atoms with Crippen LogP contribution in [0.5, 0.6) is 0 Å². The van der Waals surface area contributed by atoms with Gasteiger partial charge in [0.1, 0.15) is 12.6 Å². The summed E-state index contributed by atoms with van der Waals surface area (Å²) in [6.07, 6.45) is 4.15. The highest BCUT2D eigenvalue weighted by molar-refractivity contribution is 6.06. The zero-order valence-electron chi connectivity index (χ0n) is 14.9. The number of benzene rings is 1. The van der Waals surface area contributed by atoms with Crippen LogP contribution in [0, 0.1) is 0 Å². The summed E-state index contributed by atoms with van der Waals surface area (Å²) in [4.78, 5) is 41.0. The highest BCUT2D eigenvalue weighted by Gasteiger charge is 2.39. The van der Waals surface area contributed by atoms with Crippen LogP contribution < -0.4 is 10.6 Å². The van der Waals surface area contributed by atoms with Crippen molar-refractivity contribution in [2.24, 2.45) is 0 Å². The summed E-state index contributed by atoms with van der Waals surface area (Å²) in [6.45, 7) is 0.839. The number of aromatic nitrogens is 1. The third-order valence-electron chi connectivity index (χ3n) is 5.06. The monoisotopic (exact) mass is 370 g/mol. The lowest BCUT2D eigenvalue weighted by Crippen LogP contribution is -2.43. The number of para-hydroxylation sites is 1. The quantitative estimate of drug-likeness (QED) is 0.658. The fraction of sp³-hybridized carbons (Fsp3) is 0.421. The van der Waals surface area contributed by atoms with E-state index in [9.17, 15) is 14.4 Å². The molecule has 0 spiro atoms. The van der Waals surface area contributed by atoms with E-state index in [1.165, 1.54) is 0 Å². The summed E-state index contributed by atoms with van der Waals surface area (Å²) in [5, 5.41) is 6.43. The van der Waals surface area contributed by atoms with Crippen LogP contribution in [0.1, 0.15) is 18.4 Å². The van der Waals surface area contributed by atoms with Crippen molar-refractivity contribution >= 4 is 28.7 Å². The summed E-state index contributed by atoms with van der Waals surface area (Å²) in [5.41, 5.74) is 1.93. The van der Waals surface area contributed by atoms with Crippen LogP contribution in [0.25, 0.3) is 10.9 Å². The molecule has 8 nitrogen and oxygen atoms in total. The highest BCUT2D eigenvalue weighted by Crippen LogP contribution is 2.21. The first-order chi connectivity index (χ1) is 13.1. The van der Waals surface area contributed by atoms with Gasteiger partial charge in [-0.1, -0.05) is 18.2 Å². The second-order valence-electron chi connectivity index (χ2n) is 6.93. The minimum absolute atomic E-state index is 0.0201. The minimum Gasteiger partial charge on any atom is -0.376 e. The molecule has 27 heavy (non-hydrogen) atoms. The number of carbonyl (C=O) groups is 3. The lowest BCUT2D eigenvalue weighted by atomic mass is 10.1. The molecule has 2 aliphatic heterocycles. The van der Waals surface area contributed by atoms with E-state index in [-0.39, 0.29) is 24.5 Å². The number of hydrogen-bond donors (Lipinski definition) is 3. The van der Waals surface area contributed by atoms with E-state index < -0.39 is 12.1 Å². The molecular formula is C19H22N4O4. The van der Waals surface area contributed by atoms with Gasteiger partial charge in [-0.15, -0.1) is 0 Å². The number of rotatable bonds is 6.